The Morgan fingerprint density at radius 1 is 0.879 bits per heavy atom. The summed E-state index contributed by atoms with van der Waals surface area (Å²) in [6, 6.07) is 22.9. The number of thiophene rings is 1. The lowest BCUT2D eigenvalue weighted by molar-refractivity contribution is 0.0719. The van der Waals surface area contributed by atoms with Crippen LogP contribution in [0.2, 0.25) is 0 Å². The highest BCUT2D eigenvalue weighted by Gasteiger charge is 2.19. The normalized spacial score (nSPS) is 10.9. The van der Waals surface area contributed by atoms with Crippen molar-refractivity contribution in [2.24, 2.45) is 0 Å². The number of hydrogen-bond acceptors (Lipinski definition) is 6. The Morgan fingerprint density at radius 2 is 1.58 bits per heavy atom. The fourth-order valence-corrected chi connectivity index (χ4v) is 4.19. The van der Waals surface area contributed by atoms with Crippen LogP contribution in [0, 0.1) is 6.92 Å². The van der Waals surface area contributed by atoms with Gasteiger partial charge in [-0.15, -0.1) is 21.5 Å². The van der Waals surface area contributed by atoms with Gasteiger partial charge in [0.1, 0.15) is 5.76 Å². The van der Waals surface area contributed by atoms with E-state index >= 15 is 0 Å². The molecule has 5 rings (SSSR count). The second-order valence-corrected chi connectivity index (χ2v) is 8.71. The zero-order valence-corrected chi connectivity index (χ0v) is 18.8. The van der Waals surface area contributed by atoms with E-state index in [-0.39, 0.29) is 5.91 Å². The molecule has 0 aliphatic heterocycles. The van der Waals surface area contributed by atoms with Crippen LogP contribution in [0.4, 0.5) is 0 Å². The molecule has 33 heavy (non-hydrogen) atoms. The molecule has 0 fully saturated rings. The van der Waals surface area contributed by atoms with Crippen molar-refractivity contribution in [1.82, 2.24) is 15.1 Å². The van der Waals surface area contributed by atoms with Gasteiger partial charge in [0.2, 0.25) is 11.8 Å². The molecular weight excluding hydrogens is 434 g/mol. The van der Waals surface area contributed by atoms with E-state index in [1.807, 2.05) is 73.0 Å². The number of carbonyl (C=O) groups is 1. The van der Waals surface area contributed by atoms with E-state index < -0.39 is 0 Å². The molecule has 5 aromatic rings. The lowest BCUT2D eigenvalue weighted by Gasteiger charge is -2.21. The average Bonchev–Trinajstić information content (AvgIpc) is 3.62. The van der Waals surface area contributed by atoms with E-state index in [0.717, 1.165) is 21.8 Å². The Bertz CT molecular complexity index is 1290. The first-order chi connectivity index (χ1) is 16.2. The summed E-state index contributed by atoms with van der Waals surface area (Å²) in [5.74, 6) is 1.55. The third-order valence-corrected chi connectivity index (χ3v) is 6.10. The minimum absolute atomic E-state index is 0.0720. The molecule has 0 atom stereocenters. The Morgan fingerprint density at radius 3 is 2.18 bits per heavy atom. The molecule has 0 radical (unpaired) electrons. The molecular formula is C26H21N3O3S. The molecule has 0 unspecified atom stereocenters. The van der Waals surface area contributed by atoms with Gasteiger partial charge in [-0.2, -0.15) is 0 Å². The first-order valence-electron chi connectivity index (χ1n) is 10.5. The standard InChI is InChI=1S/C26H21N3O3S/c1-18-6-8-19(9-7-18)24-27-28-25(32-24)20-10-12-21(13-11-20)26(30)29(16-22-4-2-14-31-22)17-23-5-3-15-33-23/h2-15H,16-17H2,1H3. The minimum atomic E-state index is -0.0720. The maximum absolute atomic E-state index is 13.3. The van der Waals surface area contributed by atoms with Crippen molar-refractivity contribution in [2.75, 3.05) is 0 Å². The third kappa shape index (κ3) is 4.78. The quantitative estimate of drug-likeness (QED) is 0.292. The smallest absolute Gasteiger partial charge is 0.254 e. The fraction of sp³-hybridized carbons (Fsp3) is 0.115. The molecule has 164 valence electrons. The van der Waals surface area contributed by atoms with E-state index in [0.29, 0.717) is 30.4 Å². The van der Waals surface area contributed by atoms with E-state index in [2.05, 4.69) is 10.2 Å². The average molecular weight is 456 g/mol. The highest BCUT2D eigenvalue weighted by atomic mass is 32.1. The van der Waals surface area contributed by atoms with Gasteiger partial charge in [0, 0.05) is 21.6 Å². The van der Waals surface area contributed by atoms with Crippen LogP contribution < -0.4 is 0 Å². The number of carbonyl (C=O) groups excluding carboxylic acids is 1. The Labute approximate surface area is 195 Å². The van der Waals surface area contributed by atoms with Gasteiger partial charge in [-0.3, -0.25) is 4.79 Å². The van der Waals surface area contributed by atoms with Gasteiger partial charge in [-0.25, -0.2) is 0 Å². The Kier molecular flexibility index (Phi) is 5.87. The molecule has 3 heterocycles. The minimum Gasteiger partial charge on any atom is -0.467 e. The summed E-state index contributed by atoms with van der Waals surface area (Å²) in [4.78, 5) is 16.2. The monoisotopic (exact) mass is 455 g/mol. The SMILES string of the molecule is Cc1ccc(-c2nnc(-c3ccc(C(=O)N(Cc4ccco4)Cc4cccs4)cc3)o2)cc1. The molecule has 0 aliphatic rings. The number of aromatic nitrogens is 2. The van der Waals surface area contributed by atoms with Gasteiger partial charge in [0.25, 0.3) is 5.91 Å². The number of amides is 1. The van der Waals surface area contributed by atoms with Gasteiger partial charge in [0.15, 0.2) is 0 Å². The van der Waals surface area contributed by atoms with Crippen LogP contribution in [0.1, 0.15) is 26.6 Å². The van der Waals surface area contributed by atoms with E-state index in [1.54, 1.807) is 34.6 Å². The molecule has 7 heteroatoms. The molecule has 0 saturated heterocycles. The number of rotatable bonds is 7. The largest absolute Gasteiger partial charge is 0.467 e. The number of benzene rings is 2. The van der Waals surface area contributed by atoms with Crippen LogP contribution in [-0.4, -0.2) is 21.0 Å². The predicted molar refractivity (Wildman–Crippen MR) is 127 cm³/mol. The number of furan rings is 1. The summed E-state index contributed by atoms with van der Waals surface area (Å²) in [5.41, 5.74) is 3.38. The van der Waals surface area contributed by atoms with E-state index in [9.17, 15) is 4.79 Å². The number of hydrogen-bond donors (Lipinski definition) is 0. The molecule has 1 amide bonds. The lowest BCUT2D eigenvalue weighted by Crippen LogP contribution is -2.29. The van der Waals surface area contributed by atoms with Crippen LogP contribution in [-0.2, 0) is 13.1 Å². The van der Waals surface area contributed by atoms with Gasteiger partial charge in [-0.1, -0.05) is 23.8 Å². The van der Waals surface area contributed by atoms with Crippen molar-refractivity contribution in [2.45, 2.75) is 20.0 Å². The molecule has 0 bridgehead atoms. The lowest BCUT2D eigenvalue weighted by atomic mass is 10.1. The van der Waals surface area contributed by atoms with Gasteiger partial charge < -0.3 is 13.7 Å². The van der Waals surface area contributed by atoms with E-state index in [1.165, 1.54) is 5.56 Å². The highest BCUT2D eigenvalue weighted by Crippen LogP contribution is 2.25. The van der Waals surface area contributed by atoms with Gasteiger partial charge in [-0.05, 0) is 66.9 Å². The third-order valence-electron chi connectivity index (χ3n) is 5.24. The van der Waals surface area contributed by atoms with Gasteiger partial charge in [0.05, 0.1) is 19.4 Å². The van der Waals surface area contributed by atoms with Gasteiger partial charge >= 0.3 is 0 Å². The summed E-state index contributed by atoms with van der Waals surface area (Å²) in [6.07, 6.45) is 1.62. The topological polar surface area (TPSA) is 72.4 Å². The Balaban J connectivity index is 1.35. The fourth-order valence-electron chi connectivity index (χ4n) is 3.47. The molecule has 0 N–H and O–H groups in total. The second kappa shape index (κ2) is 9.26. The molecule has 0 aliphatic carbocycles. The molecule has 2 aromatic carbocycles. The molecule has 6 nitrogen and oxygen atoms in total. The van der Waals surface area contributed by atoms with Crippen molar-refractivity contribution in [3.8, 4) is 22.9 Å². The van der Waals surface area contributed by atoms with Crippen LogP contribution in [0.3, 0.4) is 0 Å². The summed E-state index contributed by atoms with van der Waals surface area (Å²) >= 11 is 1.63. The van der Waals surface area contributed by atoms with Crippen molar-refractivity contribution in [3.63, 3.8) is 0 Å². The van der Waals surface area contributed by atoms with Crippen LogP contribution in [0.5, 0.6) is 0 Å². The number of aryl methyl sites for hydroxylation is 1. The Hall–Kier alpha value is -3.97. The summed E-state index contributed by atoms with van der Waals surface area (Å²) in [6.45, 7) is 2.94. The van der Waals surface area contributed by atoms with E-state index in [4.69, 9.17) is 8.83 Å². The second-order valence-electron chi connectivity index (χ2n) is 7.68. The summed E-state index contributed by atoms with van der Waals surface area (Å²) in [5, 5.41) is 10.3. The van der Waals surface area contributed by atoms with Crippen LogP contribution in [0.25, 0.3) is 22.9 Å². The van der Waals surface area contributed by atoms with Crippen molar-refractivity contribution >= 4 is 17.2 Å². The molecule has 0 saturated carbocycles. The zero-order chi connectivity index (χ0) is 22.6. The summed E-state index contributed by atoms with van der Waals surface area (Å²) < 4.78 is 11.3. The maximum atomic E-state index is 13.3. The van der Waals surface area contributed by atoms with Crippen molar-refractivity contribution in [1.29, 1.82) is 0 Å². The van der Waals surface area contributed by atoms with Crippen molar-refractivity contribution < 1.29 is 13.6 Å². The molecule has 3 aromatic heterocycles. The predicted octanol–water partition coefficient (Wildman–Crippen LogP) is 6.21. The summed E-state index contributed by atoms with van der Waals surface area (Å²) in [7, 11) is 0. The first kappa shape index (κ1) is 20.9. The maximum Gasteiger partial charge on any atom is 0.254 e. The van der Waals surface area contributed by atoms with Crippen LogP contribution in [0.15, 0.2) is 93.3 Å². The molecule has 0 spiro atoms. The highest BCUT2D eigenvalue weighted by molar-refractivity contribution is 7.09. The zero-order valence-electron chi connectivity index (χ0n) is 18.0. The van der Waals surface area contributed by atoms with Crippen LogP contribution >= 0.6 is 11.3 Å². The first-order valence-corrected chi connectivity index (χ1v) is 11.4. The number of nitrogens with zero attached hydrogens (tertiary/aromatic N) is 3. The van der Waals surface area contributed by atoms with Crippen molar-refractivity contribution in [3.05, 3.63) is 106 Å².